The number of para-hydroxylation sites is 3. The van der Waals surface area contributed by atoms with Crippen molar-refractivity contribution in [3.8, 4) is 11.4 Å². The summed E-state index contributed by atoms with van der Waals surface area (Å²) >= 11 is 1.87. The highest BCUT2D eigenvalue weighted by Gasteiger charge is 2.28. The van der Waals surface area contributed by atoms with Crippen molar-refractivity contribution >= 4 is 66.9 Å². The lowest BCUT2D eigenvalue weighted by molar-refractivity contribution is 0.753. The molecule has 2 aliphatic rings. The second-order valence-electron chi connectivity index (χ2n) is 13.3. The predicted molar refractivity (Wildman–Crippen MR) is 213 cm³/mol. The van der Waals surface area contributed by atoms with Crippen LogP contribution in [0, 0.1) is 0 Å². The van der Waals surface area contributed by atoms with Gasteiger partial charge < -0.3 is 9.13 Å². The van der Waals surface area contributed by atoms with Gasteiger partial charge in [0.05, 0.1) is 39.5 Å². The van der Waals surface area contributed by atoms with Crippen molar-refractivity contribution in [3.05, 3.63) is 180 Å². The molecule has 5 heteroatoms. The van der Waals surface area contributed by atoms with Gasteiger partial charge in [0.25, 0.3) is 0 Å². The molecule has 2 aromatic heterocycles. The van der Waals surface area contributed by atoms with E-state index < -0.39 is 0 Å². The summed E-state index contributed by atoms with van der Waals surface area (Å²) in [5.74, 6) is 0.768. The molecule has 4 nitrogen and oxygen atoms in total. The van der Waals surface area contributed by atoms with Crippen molar-refractivity contribution in [2.75, 3.05) is 0 Å². The first-order chi connectivity index (χ1) is 25.3. The number of amidine groups is 1. The molecule has 0 aliphatic carbocycles. The highest BCUT2D eigenvalue weighted by Crippen LogP contribution is 2.51. The lowest BCUT2D eigenvalue weighted by Gasteiger charge is -2.22. The molecule has 0 saturated carbocycles. The molecule has 0 N–H and O–H groups in total. The monoisotopic (exact) mass is 670 g/mol. The van der Waals surface area contributed by atoms with Crippen molar-refractivity contribution in [2.45, 2.75) is 22.3 Å². The predicted octanol–water partition coefficient (Wildman–Crippen LogP) is 11.7. The summed E-state index contributed by atoms with van der Waals surface area (Å²) in [7, 11) is 0. The first-order valence-corrected chi connectivity index (χ1v) is 18.2. The molecule has 1 unspecified atom stereocenters. The molecule has 7 aromatic carbocycles. The average Bonchev–Trinajstić information content (AvgIpc) is 3.72. The van der Waals surface area contributed by atoms with Crippen molar-refractivity contribution in [2.24, 2.45) is 9.98 Å². The number of aromatic nitrogens is 2. The third-order valence-corrected chi connectivity index (χ3v) is 11.5. The fourth-order valence-corrected chi connectivity index (χ4v) is 9.32. The highest BCUT2D eigenvalue weighted by molar-refractivity contribution is 7.99. The minimum absolute atomic E-state index is 0.00981. The second kappa shape index (κ2) is 11.2. The van der Waals surface area contributed by atoms with E-state index in [1.165, 1.54) is 64.7 Å². The maximum Gasteiger partial charge on any atom is 0.155 e. The fraction of sp³-hybridized carbons (Fsp3) is 0.0435. The van der Waals surface area contributed by atoms with Crippen molar-refractivity contribution in [1.29, 1.82) is 0 Å². The second-order valence-corrected chi connectivity index (χ2v) is 14.4. The van der Waals surface area contributed by atoms with Crippen LogP contribution < -0.4 is 0 Å². The van der Waals surface area contributed by atoms with E-state index in [1.54, 1.807) is 0 Å². The van der Waals surface area contributed by atoms with Gasteiger partial charge in [-0.25, -0.2) is 4.99 Å². The van der Waals surface area contributed by atoms with Crippen LogP contribution >= 0.6 is 11.8 Å². The Labute approximate surface area is 299 Å². The molecule has 1 atom stereocenters. The van der Waals surface area contributed by atoms with Crippen LogP contribution in [0.1, 0.15) is 29.2 Å². The topological polar surface area (TPSA) is 34.6 Å². The molecular weight excluding hydrogens is 641 g/mol. The van der Waals surface area contributed by atoms with Gasteiger partial charge in [-0.15, -0.1) is 0 Å². The SMILES string of the molecule is c1ccc(C2=NC(c3cccc(-n4c5ccccc5c5c6c7ccccc7n7c6c(cc54)Sc4ccccc4-7)c3)=NC(c3ccccc3)C2)cc1. The summed E-state index contributed by atoms with van der Waals surface area (Å²) < 4.78 is 4.92. The first-order valence-electron chi connectivity index (χ1n) is 17.4. The van der Waals surface area contributed by atoms with Crippen LogP contribution in [-0.4, -0.2) is 20.7 Å². The van der Waals surface area contributed by atoms with Crippen LogP contribution in [0.15, 0.2) is 184 Å². The summed E-state index contributed by atoms with van der Waals surface area (Å²) in [6, 6.07) is 58.8. The summed E-state index contributed by atoms with van der Waals surface area (Å²) in [5.41, 5.74) is 11.7. The van der Waals surface area contributed by atoms with Gasteiger partial charge in [-0.3, -0.25) is 4.99 Å². The van der Waals surface area contributed by atoms with Crippen molar-refractivity contribution in [3.63, 3.8) is 0 Å². The highest BCUT2D eigenvalue weighted by atomic mass is 32.2. The summed E-state index contributed by atoms with van der Waals surface area (Å²) in [6.45, 7) is 0. The zero-order valence-electron chi connectivity index (χ0n) is 27.6. The molecular formula is C46H30N4S. The number of nitrogens with zero attached hydrogens (tertiary/aromatic N) is 4. The maximum absolute atomic E-state index is 5.29. The van der Waals surface area contributed by atoms with Crippen LogP contribution in [0.5, 0.6) is 0 Å². The van der Waals surface area contributed by atoms with Gasteiger partial charge in [0.2, 0.25) is 0 Å². The number of hydrogen-bond donors (Lipinski definition) is 0. The standard InChI is InChI=1S/C46H30N4S/c1-3-14-29(15-4-1)35-27-36(30-16-5-2-6-17-30)48-46(47-35)31-18-13-19-32(26-31)49-37-22-9-7-20-33(37)43-40(49)28-42-45-44(43)34-21-8-10-23-38(34)50(45)39-24-11-12-25-41(39)51-42/h1-26,28,35H,27H2. The molecule has 4 heterocycles. The normalized spacial score (nSPS) is 15.3. The summed E-state index contributed by atoms with van der Waals surface area (Å²) in [6.07, 6.45) is 0.761. The Hall–Kier alpha value is -6.17. The Morgan fingerprint density at radius 3 is 2.02 bits per heavy atom. The molecule has 2 aliphatic heterocycles. The van der Waals surface area contributed by atoms with Gasteiger partial charge in [-0.1, -0.05) is 133 Å². The third-order valence-electron chi connectivity index (χ3n) is 10.4. The molecule has 240 valence electrons. The van der Waals surface area contributed by atoms with E-state index in [9.17, 15) is 0 Å². The Kier molecular flexibility index (Phi) is 6.28. The zero-order chi connectivity index (χ0) is 33.5. The Morgan fingerprint density at radius 2 is 1.20 bits per heavy atom. The first kappa shape index (κ1) is 28.6. The molecule has 11 rings (SSSR count). The van der Waals surface area contributed by atoms with Crippen molar-refractivity contribution < 1.29 is 0 Å². The van der Waals surface area contributed by atoms with E-state index in [-0.39, 0.29) is 6.04 Å². The number of fused-ring (bicyclic) bond motifs is 9. The zero-order valence-corrected chi connectivity index (χ0v) is 28.4. The average molecular weight is 671 g/mol. The summed E-state index contributed by atoms with van der Waals surface area (Å²) in [5, 5.41) is 5.12. The number of rotatable bonds is 4. The largest absolute Gasteiger partial charge is 0.309 e. The quantitative estimate of drug-likeness (QED) is 0.183. The van der Waals surface area contributed by atoms with Gasteiger partial charge in [0.1, 0.15) is 0 Å². The number of benzene rings is 7. The van der Waals surface area contributed by atoms with Gasteiger partial charge in [-0.05, 0) is 53.6 Å². The van der Waals surface area contributed by atoms with Crippen LogP contribution in [0.2, 0.25) is 0 Å². The van der Waals surface area contributed by atoms with Crippen LogP contribution in [0.25, 0.3) is 55.0 Å². The molecule has 0 amide bonds. The molecule has 0 bridgehead atoms. The number of hydrogen-bond acceptors (Lipinski definition) is 3. The van der Waals surface area contributed by atoms with Gasteiger partial charge in [-0.2, -0.15) is 0 Å². The van der Waals surface area contributed by atoms with Crippen LogP contribution in [0.3, 0.4) is 0 Å². The minimum Gasteiger partial charge on any atom is -0.309 e. The maximum atomic E-state index is 5.29. The van der Waals surface area contributed by atoms with Gasteiger partial charge in [0.15, 0.2) is 5.84 Å². The molecule has 0 fully saturated rings. The van der Waals surface area contributed by atoms with Crippen molar-refractivity contribution in [1.82, 2.24) is 9.13 Å². The lowest BCUT2D eigenvalue weighted by atomic mass is 9.96. The molecule has 0 spiro atoms. The van der Waals surface area contributed by atoms with Crippen LogP contribution in [0.4, 0.5) is 0 Å². The van der Waals surface area contributed by atoms with Gasteiger partial charge in [0, 0.05) is 49.0 Å². The third kappa shape index (κ3) is 4.35. The fourth-order valence-electron chi connectivity index (χ4n) is 8.21. The molecule has 0 saturated heterocycles. The van der Waals surface area contributed by atoms with E-state index in [1.807, 2.05) is 11.8 Å². The molecule has 9 aromatic rings. The number of aliphatic imine (C=N–C) groups is 2. The Morgan fingerprint density at radius 1 is 0.529 bits per heavy atom. The minimum atomic E-state index is -0.00981. The summed E-state index contributed by atoms with van der Waals surface area (Å²) in [4.78, 5) is 13.1. The van der Waals surface area contributed by atoms with E-state index in [2.05, 4.69) is 173 Å². The lowest BCUT2D eigenvalue weighted by Crippen LogP contribution is -2.17. The smallest absolute Gasteiger partial charge is 0.155 e. The Balaban J connectivity index is 1.16. The van der Waals surface area contributed by atoms with E-state index in [4.69, 9.17) is 9.98 Å². The molecule has 51 heavy (non-hydrogen) atoms. The Bertz CT molecular complexity index is 2910. The van der Waals surface area contributed by atoms with Gasteiger partial charge >= 0.3 is 0 Å². The van der Waals surface area contributed by atoms with E-state index in [0.29, 0.717) is 0 Å². The van der Waals surface area contributed by atoms with E-state index in [0.717, 1.165) is 34.8 Å². The van der Waals surface area contributed by atoms with Crippen LogP contribution in [-0.2, 0) is 0 Å². The van der Waals surface area contributed by atoms with E-state index >= 15 is 0 Å². The molecule has 0 radical (unpaired) electrons.